The summed E-state index contributed by atoms with van der Waals surface area (Å²) in [5, 5.41) is 3.30. The first-order valence-electron chi connectivity index (χ1n) is 6.39. The molecule has 0 saturated heterocycles. The van der Waals surface area contributed by atoms with Gasteiger partial charge in [-0.3, -0.25) is 4.79 Å². The maximum absolute atomic E-state index is 12.5. The van der Waals surface area contributed by atoms with Crippen molar-refractivity contribution in [1.82, 2.24) is 4.90 Å². The Kier molecular flexibility index (Phi) is 3.70. The molecule has 1 amide bonds. The molecule has 1 aromatic carbocycles. The second kappa shape index (κ2) is 5.25. The molecule has 96 valence electrons. The van der Waals surface area contributed by atoms with Crippen LogP contribution in [0.25, 0.3) is 0 Å². The molecule has 1 aromatic rings. The Morgan fingerprint density at radius 3 is 2.89 bits per heavy atom. The smallest absolute Gasteiger partial charge is 0.245 e. The Hall–Kier alpha value is -1.77. The third-order valence-electron chi connectivity index (χ3n) is 3.30. The molecule has 1 heterocycles. The number of nitrogens with one attached hydrogen (secondary N) is 1. The first kappa shape index (κ1) is 12.7. The zero-order chi connectivity index (χ0) is 13.1. The van der Waals surface area contributed by atoms with E-state index in [0.29, 0.717) is 6.54 Å². The third-order valence-corrected chi connectivity index (χ3v) is 3.30. The monoisotopic (exact) mass is 244 g/mol. The molecule has 18 heavy (non-hydrogen) atoms. The van der Waals surface area contributed by atoms with Crippen LogP contribution in [0.1, 0.15) is 19.4 Å². The van der Waals surface area contributed by atoms with Crippen molar-refractivity contribution in [1.29, 1.82) is 0 Å². The van der Waals surface area contributed by atoms with Crippen LogP contribution >= 0.6 is 0 Å². The first-order chi connectivity index (χ1) is 8.63. The van der Waals surface area contributed by atoms with E-state index in [9.17, 15) is 4.79 Å². The molecule has 0 saturated carbocycles. The number of benzene rings is 1. The highest BCUT2D eigenvalue weighted by atomic mass is 16.2. The fourth-order valence-corrected chi connectivity index (χ4v) is 2.34. The Labute approximate surface area is 108 Å². The van der Waals surface area contributed by atoms with Crippen molar-refractivity contribution in [2.45, 2.75) is 32.4 Å². The fraction of sp³-hybridized carbons (Fsp3) is 0.400. The molecule has 3 heteroatoms. The normalized spacial score (nSPS) is 17.2. The minimum Gasteiger partial charge on any atom is -0.373 e. The molecule has 1 N–H and O–H groups in total. The number of nitrogens with zero attached hydrogens (tertiary/aromatic N) is 1. The molecule has 1 aliphatic heterocycles. The molecule has 3 nitrogen and oxygen atoms in total. The number of hydrogen-bond donors (Lipinski definition) is 1. The average molecular weight is 244 g/mol. The SMILES string of the molecule is C=CCN(C(=O)C1Cc2ccccc2N1)C(C)C. The van der Waals surface area contributed by atoms with E-state index in [1.54, 1.807) is 6.08 Å². The molecule has 0 fully saturated rings. The van der Waals surface area contributed by atoms with Gasteiger partial charge in [0.1, 0.15) is 6.04 Å². The number of para-hydroxylation sites is 1. The average Bonchev–Trinajstić information content (AvgIpc) is 2.78. The Morgan fingerprint density at radius 2 is 2.28 bits per heavy atom. The lowest BCUT2D eigenvalue weighted by Gasteiger charge is -2.28. The Balaban J connectivity index is 2.10. The maximum atomic E-state index is 12.5. The molecule has 1 aliphatic rings. The molecule has 1 atom stereocenters. The van der Waals surface area contributed by atoms with Gasteiger partial charge in [-0.15, -0.1) is 6.58 Å². The van der Waals surface area contributed by atoms with Gasteiger partial charge in [0, 0.05) is 24.7 Å². The predicted molar refractivity (Wildman–Crippen MR) is 74.6 cm³/mol. The van der Waals surface area contributed by atoms with E-state index in [1.165, 1.54) is 5.56 Å². The van der Waals surface area contributed by atoms with Gasteiger partial charge in [0.2, 0.25) is 5.91 Å². The van der Waals surface area contributed by atoms with Gasteiger partial charge < -0.3 is 10.2 Å². The molecule has 2 rings (SSSR count). The van der Waals surface area contributed by atoms with E-state index >= 15 is 0 Å². The summed E-state index contributed by atoms with van der Waals surface area (Å²) >= 11 is 0. The zero-order valence-corrected chi connectivity index (χ0v) is 11.0. The third kappa shape index (κ3) is 2.40. The van der Waals surface area contributed by atoms with Crippen LogP contribution in [-0.2, 0) is 11.2 Å². The molecule has 0 radical (unpaired) electrons. The van der Waals surface area contributed by atoms with Crippen LogP contribution in [0.2, 0.25) is 0 Å². The van der Waals surface area contributed by atoms with Gasteiger partial charge in [-0.25, -0.2) is 0 Å². The van der Waals surface area contributed by atoms with E-state index < -0.39 is 0 Å². The summed E-state index contributed by atoms with van der Waals surface area (Å²) in [7, 11) is 0. The summed E-state index contributed by atoms with van der Waals surface area (Å²) < 4.78 is 0. The molecular weight excluding hydrogens is 224 g/mol. The number of hydrogen-bond acceptors (Lipinski definition) is 2. The quantitative estimate of drug-likeness (QED) is 0.825. The van der Waals surface area contributed by atoms with E-state index in [0.717, 1.165) is 12.1 Å². The molecule has 0 aliphatic carbocycles. The lowest BCUT2D eigenvalue weighted by Crippen LogP contribution is -2.45. The number of fused-ring (bicyclic) bond motifs is 1. The van der Waals surface area contributed by atoms with Gasteiger partial charge in [0.05, 0.1) is 0 Å². The van der Waals surface area contributed by atoms with Crippen LogP contribution in [0.5, 0.6) is 0 Å². The largest absolute Gasteiger partial charge is 0.373 e. The van der Waals surface area contributed by atoms with Crippen molar-refractivity contribution in [2.24, 2.45) is 0 Å². The van der Waals surface area contributed by atoms with Crippen molar-refractivity contribution < 1.29 is 4.79 Å². The van der Waals surface area contributed by atoms with Crippen LogP contribution in [0.3, 0.4) is 0 Å². The lowest BCUT2D eigenvalue weighted by molar-refractivity contribution is -0.132. The Bertz CT molecular complexity index is 429. The van der Waals surface area contributed by atoms with Crippen molar-refractivity contribution in [3.63, 3.8) is 0 Å². The highest BCUT2D eigenvalue weighted by molar-refractivity contribution is 5.87. The van der Waals surface area contributed by atoms with Crippen LogP contribution in [-0.4, -0.2) is 29.4 Å². The summed E-state index contributed by atoms with van der Waals surface area (Å²) in [5.41, 5.74) is 2.30. The summed E-state index contributed by atoms with van der Waals surface area (Å²) in [5.74, 6) is 0.154. The van der Waals surface area contributed by atoms with Crippen LogP contribution in [0, 0.1) is 0 Å². The van der Waals surface area contributed by atoms with Crippen LogP contribution in [0.4, 0.5) is 5.69 Å². The predicted octanol–water partition coefficient (Wildman–Crippen LogP) is 2.45. The summed E-state index contributed by atoms with van der Waals surface area (Å²) in [6, 6.07) is 8.16. The second-order valence-corrected chi connectivity index (χ2v) is 4.93. The molecular formula is C15H20N2O. The van der Waals surface area contributed by atoms with Crippen molar-refractivity contribution in [3.05, 3.63) is 42.5 Å². The van der Waals surface area contributed by atoms with E-state index in [4.69, 9.17) is 0 Å². The fourth-order valence-electron chi connectivity index (χ4n) is 2.34. The van der Waals surface area contributed by atoms with E-state index in [1.807, 2.05) is 36.9 Å². The first-order valence-corrected chi connectivity index (χ1v) is 6.39. The molecule has 1 unspecified atom stereocenters. The second-order valence-electron chi connectivity index (χ2n) is 4.93. The number of carbonyl (C=O) groups excluding carboxylic acids is 1. The van der Waals surface area contributed by atoms with Gasteiger partial charge >= 0.3 is 0 Å². The summed E-state index contributed by atoms with van der Waals surface area (Å²) in [6.07, 6.45) is 2.55. The minimum absolute atomic E-state index is 0.134. The number of anilines is 1. The minimum atomic E-state index is -0.134. The summed E-state index contributed by atoms with van der Waals surface area (Å²) in [6.45, 7) is 8.38. The van der Waals surface area contributed by atoms with Gasteiger partial charge in [0.15, 0.2) is 0 Å². The lowest BCUT2D eigenvalue weighted by atomic mass is 10.1. The summed E-state index contributed by atoms with van der Waals surface area (Å²) in [4.78, 5) is 14.3. The van der Waals surface area contributed by atoms with Gasteiger partial charge in [-0.2, -0.15) is 0 Å². The van der Waals surface area contributed by atoms with E-state index in [-0.39, 0.29) is 18.0 Å². The number of amides is 1. The topological polar surface area (TPSA) is 32.3 Å². The van der Waals surface area contributed by atoms with Gasteiger partial charge in [-0.05, 0) is 25.5 Å². The Morgan fingerprint density at radius 1 is 1.56 bits per heavy atom. The molecule has 0 aromatic heterocycles. The van der Waals surface area contributed by atoms with Crippen LogP contribution in [0.15, 0.2) is 36.9 Å². The van der Waals surface area contributed by atoms with Crippen molar-refractivity contribution in [3.8, 4) is 0 Å². The van der Waals surface area contributed by atoms with Gasteiger partial charge in [0.25, 0.3) is 0 Å². The zero-order valence-electron chi connectivity index (χ0n) is 11.0. The highest BCUT2D eigenvalue weighted by Crippen LogP contribution is 2.26. The van der Waals surface area contributed by atoms with Crippen LogP contribution < -0.4 is 5.32 Å². The van der Waals surface area contributed by atoms with Crippen molar-refractivity contribution in [2.75, 3.05) is 11.9 Å². The highest BCUT2D eigenvalue weighted by Gasteiger charge is 2.30. The maximum Gasteiger partial charge on any atom is 0.245 e. The molecule has 0 bridgehead atoms. The molecule has 0 spiro atoms. The van der Waals surface area contributed by atoms with Crippen molar-refractivity contribution >= 4 is 11.6 Å². The van der Waals surface area contributed by atoms with Gasteiger partial charge in [-0.1, -0.05) is 24.3 Å². The number of carbonyl (C=O) groups is 1. The van der Waals surface area contributed by atoms with E-state index in [2.05, 4.69) is 18.0 Å². The number of rotatable bonds is 4. The standard InChI is InChI=1S/C15H20N2O/c1-4-9-17(11(2)3)15(18)14-10-12-7-5-6-8-13(12)16-14/h4-8,11,14,16H,1,9-10H2,2-3H3.